The number of alkyl halides is 2. The highest BCUT2D eigenvalue weighted by molar-refractivity contribution is 6.36. The molecule has 13 heteroatoms. The van der Waals surface area contributed by atoms with Gasteiger partial charge in [-0.15, -0.1) is 0 Å². The highest BCUT2D eigenvalue weighted by atomic mass is 35.5. The van der Waals surface area contributed by atoms with Gasteiger partial charge in [-0.1, -0.05) is 42.4 Å². The first kappa shape index (κ1) is 34.8. The molecule has 6 rings (SSSR count). The van der Waals surface area contributed by atoms with Crippen LogP contribution in [0.15, 0.2) is 48.8 Å². The summed E-state index contributed by atoms with van der Waals surface area (Å²) in [5, 5.41) is 2.67. The van der Waals surface area contributed by atoms with Gasteiger partial charge in [0.2, 0.25) is 12.5 Å². The lowest BCUT2D eigenvalue weighted by Gasteiger charge is -2.43. The highest BCUT2D eigenvalue weighted by Gasteiger charge is 2.48. The number of amides is 1. The van der Waals surface area contributed by atoms with Crippen molar-refractivity contribution in [2.24, 2.45) is 5.92 Å². The number of carbonyl (C=O) groups is 1. The van der Waals surface area contributed by atoms with Crippen LogP contribution in [0.2, 0.25) is 5.02 Å². The number of ether oxygens (including phenoxy) is 1. The van der Waals surface area contributed by atoms with E-state index in [2.05, 4.69) is 27.3 Å². The van der Waals surface area contributed by atoms with Crippen LogP contribution < -0.4 is 14.5 Å². The number of hydrogen-bond donors (Lipinski definition) is 0. The van der Waals surface area contributed by atoms with E-state index in [4.69, 9.17) is 32.9 Å². The van der Waals surface area contributed by atoms with Crippen LogP contribution in [0, 0.1) is 12.5 Å². The predicted molar refractivity (Wildman–Crippen MR) is 185 cm³/mol. The summed E-state index contributed by atoms with van der Waals surface area (Å²) in [4.78, 5) is 33.6. The van der Waals surface area contributed by atoms with Crippen LogP contribution in [0.3, 0.4) is 0 Å². The van der Waals surface area contributed by atoms with E-state index in [0.29, 0.717) is 36.9 Å². The van der Waals surface area contributed by atoms with Crippen LogP contribution in [0.4, 0.5) is 24.7 Å². The summed E-state index contributed by atoms with van der Waals surface area (Å²) in [7, 11) is 1.92. The number of benzene rings is 2. The van der Waals surface area contributed by atoms with Gasteiger partial charge in [0.15, 0.2) is 5.83 Å². The van der Waals surface area contributed by atoms with E-state index in [0.717, 1.165) is 27.7 Å². The minimum Gasteiger partial charge on any atom is -0.462 e. The van der Waals surface area contributed by atoms with Crippen molar-refractivity contribution in [3.05, 3.63) is 76.5 Å². The van der Waals surface area contributed by atoms with E-state index in [9.17, 15) is 18.0 Å². The summed E-state index contributed by atoms with van der Waals surface area (Å²) in [6.07, 6.45) is 0.422. The van der Waals surface area contributed by atoms with Crippen molar-refractivity contribution >= 4 is 39.8 Å². The van der Waals surface area contributed by atoms with Gasteiger partial charge >= 0.3 is 6.01 Å². The maximum absolute atomic E-state index is 13.9. The maximum Gasteiger partial charge on any atom is 0.318 e. The molecule has 0 bridgehead atoms. The number of nitrogens with zero attached hydrogens (tertiary/aromatic N) is 7. The molecular formula is C36H41ClF3N7O2. The lowest BCUT2D eigenvalue weighted by atomic mass is 9.76. The van der Waals surface area contributed by atoms with E-state index in [1.807, 2.05) is 56.1 Å². The van der Waals surface area contributed by atoms with Gasteiger partial charge in [-0.2, -0.15) is 9.97 Å². The number of likely N-dealkylation sites (N-methyl/N-ethyl adjacent to an activating group) is 1. The van der Waals surface area contributed by atoms with Crippen molar-refractivity contribution < 1.29 is 22.7 Å². The molecule has 2 fully saturated rings. The summed E-state index contributed by atoms with van der Waals surface area (Å²) in [5.74, 6) is -3.84. The zero-order valence-electron chi connectivity index (χ0n) is 28.0. The molecule has 0 radical (unpaired) electrons. The molecule has 0 N–H and O–H groups in total. The first-order chi connectivity index (χ1) is 23.4. The monoisotopic (exact) mass is 695 g/mol. The zero-order chi connectivity index (χ0) is 35.0. The third kappa shape index (κ3) is 7.15. The SMILES string of the molecule is [C-]#[N+]C[C@H]1CN(c2nc(OC[C@@H](C)N(C)[C@@H](C)C3CC(F)(F)C3)nc3c2CCN(c2cccc4cccc(Cl)c24)C3)CCN1C(=O)C(=C)F. The number of anilines is 2. The van der Waals surface area contributed by atoms with E-state index < -0.39 is 23.7 Å². The van der Waals surface area contributed by atoms with E-state index in [1.165, 1.54) is 4.90 Å². The topological polar surface area (TPSA) is 69.4 Å². The molecule has 1 saturated heterocycles. The van der Waals surface area contributed by atoms with Crippen LogP contribution in [0.25, 0.3) is 15.6 Å². The normalized spacial score (nSPS) is 20.4. The molecule has 49 heavy (non-hydrogen) atoms. The molecule has 0 unspecified atom stereocenters. The Labute approximate surface area is 290 Å². The average molecular weight is 696 g/mol. The summed E-state index contributed by atoms with van der Waals surface area (Å²) >= 11 is 6.69. The van der Waals surface area contributed by atoms with Gasteiger partial charge in [-0.3, -0.25) is 9.69 Å². The quantitative estimate of drug-likeness (QED) is 0.180. The highest BCUT2D eigenvalue weighted by Crippen LogP contribution is 2.45. The Bertz CT molecular complexity index is 1770. The standard InChI is InChI=1S/C36H41ClF3N7O2/c1-22(44(5)24(3)26-16-36(39,40)17-26)21-49-35-42-30-20-45(31-11-7-9-25-8-6-10-29(37)32(25)31)13-12-28(30)33(43-35)46-14-15-47(34(48)23(2)38)27(19-46)18-41-4/h6-11,22,24,26-27H,2,12-21H2,1,3,5H3/t22-,24+,27+/m1/s1. The molecule has 3 atom stereocenters. The Balaban J connectivity index is 1.29. The fourth-order valence-corrected chi connectivity index (χ4v) is 7.57. The number of rotatable bonds is 10. The van der Waals surface area contributed by atoms with Crippen LogP contribution in [0.5, 0.6) is 6.01 Å². The zero-order valence-corrected chi connectivity index (χ0v) is 28.8. The second kappa shape index (κ2) is 14.0. The molecule has 1 saturated carbocycles. The Morgan fingerprint density at radius 2 is 1.90 bits per heavy atom. The largest absolute Gasteiger partial charge is 0.462 e. The molecule has 3 heterocycles. The molecular weight excluding hydrogens is 655 g/mol. The smallest absolute Gasteiger partial charge is 0.318 e. The number of carbonyl (C=O) groups excluding carboxylic acids is 1. The van der Waals surface area contributed by atoms with Gasteiger partial charge in [-0.05, 0) is 50.8 Å². The average Bonchev–Trinajstić information content (AvgIpc) is 3.07. The van der Waals surface area contributed by atoms with Crippen LogP contribution in [-0.2, 0) is 17.8 Å². The maximum atomic E-state index is 13.9. The number of halogens is 4. The minimum absolute atomic E-state index is 0.0106. The Hall–Kier alpha value is -4.08. The van der Waals surface area contributed by atoms with Gasteiger partial charge < -0.3 is 24.3 Å². The molecule has 1 amide bonds. The molecule has 3 aliphatic rings. The van der Waals surface area contributed by atoms with Gasteiger partial charge in [0.1, 0.15) is 18.5 Å². The van der Waals surface area contributed by atoms with Gasteiger partial charge in [-0.25, -0.2) is 19.7 Å². The van der Waals surface area contributed by atoms with Crippen molar-refractivity contribution in [2.75, 3.05) is 56.2 Å². The van der Waals surface area contributed by atoms with Crippen molar-refractivity contribution in [3.8, 4) is 6.01 Å². The van der Waals surface area contributed by atoms with Crippen molar-refractivity contribution in [2.45, 2.75) is 63.7 Å². The molecule has 9 nitrogen and oxygen atoms in total. The van der Waals surface area contributed by atoms with Gasteiger partial charge in [0.25, 0.3) is 5.91 Å². The summed E-state index contributed by atoms with van der Waals surface area (Å²) in [6, 6.07) is 11.4. The lowest BCUT2D eigenvalue weighted by Crippen LogP contribution is -2.57. The molecule has 2 aliphatic heterocycles. The molecule has 1 aliphatic carbocycles. The van der Waals surface area contributed by atoms with E-state index in [-0.39, 0.29) is 63.1 Å². The number of fused-ring (bicyclic) bond motifs is 2. The first-order valence-electron chi connectivity index (χ1n) is 16.6. The lowest BCUT2D eigenvalue weighted by molar-refractivity contribution is -0.131. The van der Waals surface area contributed by atoms with Crippen molar-refractivity contribution in [1.82, 2.24) is 19.8 Å². The van der Waals surface area contributed by atoms with Crippen LogP contribution >= 0.6 is 11.6 Å². The van der Waals surface area contributed by atoms with Crippen LogP contribution in [0.1, 0.15) is 37.9 Å². The summed E-state index contributed by atoms with van der Waals surface area (Å²) in [5.41, 5.74) is 2.74. The Kier molecular flexibility index (Phi) is 9.96. The number of hydrogen-bond acceptors (Lipinski definition) is 7. The Morgan fingerprint density at radius 3 is 2.59 bits per heavy atom. The summed E-state index contributed by atoms with van der Waals surface area (Å²) < 4.78 is 47.3. The van der Waals surface area contributed by atoms with E-state index >= 15 is 0 Å². The molecule has 260 valence electrons. The molecule has 1 aromatic heterocycles. The minimum atomic E-state index is -2.58. The first-order valence-corrected chi connectivity index (χ1v) is 17.0. The second-order valence-electron chi connectivity index (χ2n) is 13.5. The number of piperazine rings is 1. The predicted octanol–water partition coefficient (Wildman–Crippen LogP) is 6.40. The van der Waals surface area contributed by atoms with Crippen LogP contribution in [-0.4, -0.2) is 96.1 Å². The van der Waals surface area contributed by atoms with Gasteiger partial charge in [0.05, 0.1) is 17.3 Å². The van der Waals surface area contributed by atoms with Gasteiger partial charge in [0, 0.05) is 67.7 Å². The fraction of sp³-hybridized carbons (Fsp3) is 0.500. The fourth-order valence-electron chi connectivity index (χ4n) is 7.29. The third-order valence-corrected chi connectivity index (χ3v) is 10.7. The van der Waals surface area contributed by atoms with Crippen molar-refractivity contribution in [1.29, 1.82) is 0 Å². The third-order valence-electron chi connectivity index (χ3n) is 10.4. The van der Waals surface area contributed by atoms with Crippen molar-refractivity contribution in [3.63, 3.8) is 0 Å². The molecule has 3 aromatic rings. The molecule has 2 aromatic carbocycles. The number of aromatic nitrogens is 2. The summed E-state index contributed by atoms with van der Waals surface area (Å²) in [6.45, 7) is 16.9. The molecule has 0 spiro atoms. The van der Waals surface area contributed by atoms with E-state index in [1.54, 1.807) is 0 Å². The Morgan fingerprint density at radius 1 is 1.16 bits per heavy atom. The second-order valence-corrected chi connectivity index (χ2v) is 13.9.